The number of fused-ring (bicyclic) bond motifs is 1. The van der Waals surface area contributed by atoms with Gasteiger partial charge in [0.05, 0.1) is 12.0 Å². The summed E-state index contributed by atoms with van der Waals surface area (Å²) in [5, 5.41) is 5.14. The molecule has 4 rings (SSSR count). The van der Waals surface area contributed by atoms with Crippen molar-refractivity contribution in [3.8, 4) is 16.9 Å². The Hall–Kier alpha value is -2.63. The molecule has 4 nitrogen and oxygen atoms in total. The van der Waals surface area contributed by atoms with Crippen molar-refractivity contribution >= 4 is 44.7 Å². The van der Waals surface area contributed by atoms with Gasteiger partial charge < -0.3 is 10.1 Å². The molecular weight excluding hydrogens is 390 g/mol. The molecule has 6 heteroatoms. The molecule has 0 unspecified atom stereocenters. The van der Waals surface area contributed by atoms with Gasteiger partial charge in [-0.3, -0.25) is 0 Å². The summed E-state index contributed by atoms with van der Waals surface area (Å²) >= 11 is 7.83. The van der Waals surface area contributed by atoms with Crippen LogP contribution in [0.4, 0.5) is 11.5 Å². The Morgan fingerprint density at radius 2 is 1.86 bits per heavy atom. The summed E-state index contributed by atoms with van der Waals surface area (Å²) in [5.74, 6) is 2.39. The highest BCUT2D eigenvalue weighted by molar-refractivity contribution is 7.19. The number of aryl methyl sites for hydroxylation is 2. The van der Waals surface area contributed by atoms with Gasteiger partial charge in [-0.05, 0) is 56.7 Å². The molecule has 0 atom stereocenters. The molecule has 0 saturated heterocycles. The maximum Gasteiger partial charge on any atom is 0.143 e. The van der Waals surface area contributed by atoms with Crippen molar-refractivity contribution in [3.05, 3.63) is 64.3 Å². The predicted octanol–water partition coefficient (Wildman–Crippen LogP) is 6.77. The van der Waals surface area contributed by atoms with Crippen molar-refractivity contribution in [2.45, 2.75) is 20.8 Å². The molecular formula is C22H20ClN3OS. The Kier molecular flexibility index (Phi) is 5.20. The summed E-state index contributed by atoms with van der Waals surface area (Å²) in [6, 6.07) is 15.8. The van der Waals surface area contributed by atoms with Crippen LogP contribution in [-0.4, -0.2) is 16.6 Å². The molecule has 0 saturated carbocycles. The lowest BCUT2D eigenvalue weighted by Gasteiger charge is -2.11. The van der Waals surface area contributed by atoms with Crippen LogP contribution in [-0.2, 0) is 0 Å². The largest absolute Gasteiger partial charge is 0.494 e. The maximum atomic E-state index is 6.15. The van der Waals surface area contributed by atoms with Crippen LogP contribution in [0.5, 0.6) is 5.75 Å². The first-order valence-electron chi connectivity index (χ1n) is 9.08. The number of hydrogen-bond donors (Lipinski definition) is 1. The van der Waals surface area contributed by atoms with Gasteiger partial charge in [0.1, 0.15) is 22.2 Å². The minimum Gasteiger partial charge on any atom is -0.494 e. The second-order valence-corrected chi connectivity index (χ2v) is 8.07. The number of thiophene rings is 1. The summed E-state index contributed by atoms with van der Waals surface area (Å²) in [6.07, 6.45) is 0. The van der Waals surface area contributed by atoms with Crippen LogP contribution in [0, 0.1) is 13.8 Å². The van der Waals surface area contributed by atoms with Crippen LogP contribution in [0.15, 0.2) is 48.5 Å². The van der Waals surface area contributed by atoms with E-state index in [0.717, 1.165) is 44.4 Å². The van der Waals surface area contributed by atoms with E-state index in [0.29, 0.717) is 11.6 Å². The zero-order valence-electron chi connectivity index (χ0n) is 15.9. The third kappa shape index (κ3) is 3.68. The van der Waals surface area contributed by atoms with Gasteiger partial charge in [0, 0.05) is 21.2 Å². The Morgan fingerprint density at radius 3 is 2.57 bits per heavy atom. The third-order valence-electron chi connectivity index (χ3n) is 4.38. The first-order valence-corrected chi connectivity index (χ1v) is 10.3. The third-order valence-corrected chi connectivity index (χ3v) is 5.61. The minimum absolute atomic E-state index is 0.653. The number of nitrogens with one attached hydrogen (secondary N) is 1. The highest BCUT2D eigenvalue weighted by Crippen LogP contribution is 2.41. The molecule has 2 aromatic heterocycles. The summed E-state index contributed by atoms with van der Waals surface area (Å²) < 4.78 is 5.58. The van der Waals surface area contributed by atoms with Crippen molar-refractivity contribution in [2.75, 3.05) is 11.9 Å². The maximum absolute atomic E-state index is 6.15. The van der Waals surface area contributed by atoms with Crippen molar-refractivity contribution < 1.29 is 4.74 Å². The zero-order chi connectivity index (χ0) is 19.7. The van der Waals surface area contributed by atoms with E-state index in [1.807, 2.05) is 50.2 Å². The number of rotatable bonds is 5. The molecule has 0 aliphatic rings. The van der Waals surface area contributed by atoms with Gasteiger partial charge in [0.25, 0.3) is 0 Å². The van der Waals surface area contributed by atoms with E-state index in [-0.39, 0.29) is 0 Å². The molecule has 0 amide bonds. The lowest BCUT2D eigenvalue weighted by atomic mass is 10.0. The molecule has 0 radical (unpaired) electrons. The van der Waals surface area contributed by atoms with Gasteiger partial charge >= 0.3 is 0 Å². The van der Waals surface area contributed by atoms with E-state index >= 15 is 0 Å². The predicted molar refractivity (Wildman–Crippen MR) is 118 cm³/mol. The van der Waals surface area contributed by atoms with Gasteiger partial charge in [0.15, 0.2) is 0 Å². The first-order chi connectivity index (χ1) is 13.5. The van der Waals surface area contributed by atoms with Crippen molar-refractivity contribution in [1.29, 1.82) is 0 Å². The molecule has 4 aromatic rings. The Bertz CT molecular complexity index is 1140. The number of ether oxygens (including phenoxy) is 1. The molecule has 0 aliphatic heterocycles. The van der Waals surface area contributed by atoms with Gasteiger partial charge in [0.2, 0.25) is 0 Å². The van der Waals surface area contributed by atoms with Gasteiger partial charge in [-0.15, -0.1) is 11.3 Å². The van der Waals surface area contributed by atoms with E-state index in [2.05, 4.69) is 34.3 Å². The van der Waals surface area contributed by atoms with Crippen molar-refractivity contribution in [2.24, 2.45) is 0 Å². The molecule has 28 heavy (non-hydrogen) atoms. The first kappa shape index (κ1) is 18.7. The van der Waals surface area contributed by atoms with Crippen LogP contribution in [0.3, 0.4) is 0 Å². The Morgan fingerprint density at radius 1 is 1.07 bits per heavy atom. The lowest BCUT2D eigenvalue weighted by molar-refractivity contribution is 0.340. The monoisotopic (exact) mass is 409 g/mol. The molecule has 1 N–H and O–H groups in total. The average molecular weight is 410 g/mol. The summed E-state index contributed by atoms with van der Waals surface area (Å²) in [4.78, 5) is 11.5. The topological polar surface area (TPSA) is 47.0 Å². The molecule has 0 fully saturated rings. The molecule has 0 bridgehead atoms. The standard InChI is InChI=1S/C22H20ClN3OS/c1-4-27-18-10-8-15(9-11-18)19-13(2)28-22-20(19)21(24-14(3)25-22)26-17-7-5-6-16(23)12-17/h5-12H,4H2,1-3H3,(H,24,25,26). The fourth-order valence-electron chi connectivity index (χ4n) is 3.24. The second kappa shape index (κ2) is 7.78. The number of nitrogens with zero attached hydrogens (tertiary/aromatic N) is 2. The van der Waals surface area contributed by atoms with E-state index in [1.54, 1.807) is 11.3 Å². The molecule has 142 valence electrons. The smallest absolute Gasteiger partial charge is 0.143 e. The Balaban J connectivity index is 1.86. The van der Waals surface area contributed by atoms with Crippen LogP contribution < -0.4 is 10.1 Å². The summed E-state index contributed by atoms with van der Waals surface area (Å²) in [6.45, 7) is 6.67. The van der Waals surface area contributed by atoms with Gasteiger partial charge in [-0.2, -0.15) is 0 Å². The quantitative estimate of drug-likeness (QED) is 0.395. The SMILES string of the molecule is CCOc1ccc(-c2c(C)sc3nc(C)nc(Nc4cccc(Cl)c4)c23)cc1. The molecule has 2 aromatic carbocycles. The zero-order valence-corrected chi connectivity index (χ0v) is 17.5. The minimum atomic E-state index is 0.653. The highest BCUT2D eigenvalue weighted by atomic mass is 35.5. The second-order valence-electron chi connectivity index (χ2n) is 6.43. The number of benzene rings is 2. The number of hydrogen-bond acceptors (Lipinski definition) is 5. The molecule has 2 heterocycles. The number of anilines is 2. The summed E-state index contributed by atoms with van der Waals surface area (Å²) in [7, 11) is 0. The van der Waals surface area contributed by atoms with Crippen molar-refractivity contribution in [1.82, 2.24) is 9.97 Å². The van der Waals surface area contributed by atoms with Crippen LogP contribution >= 0.6 is 22.9 Å². The highest BCUT2D eigenvalue weighted by Gasteiger charge is 2.18. The lowest BCUT2D eigenvalue weighted by Crippen LogP contribution is -1.98. The van der Waals surface area contributed by atoms with Crippen LogP contribution in [0.25, 0.3) is 21.3 Å². The van der Waals surface area contributed by atoms with Gasteiger partial charge in [-0.1, -0.05) is 29.8 Å². The van der Waals surface area contributed by atoms with Crippen molar-refractivity contribution in [3.63, 3.8) is 0 Å². The van der Waals surface area contributed by atoms with Crippen LogP contribution in [0.2, 0.25) is 5.02 Å². The van der Waals surface area contributed by atoms with E-state index in [1.165, 1.54) is 4.88 Å². The summed E-state index contributed by atoms with van der Waals surface area (Å²) in [5.41, 5.74) is 3.16. The Labute approximate surface area is 173 Å². The number of aromatic nitrogens is 2. The fraction of sp³-hybridized carbons (Fsp3) is 0.182. The fourth-order valence-corrected chi connectivity index (χ4v) is 4.52. The van der Waals surface area contributed by atoms with E-state index in [4.69, 9.17) is 16.3 Å². The van der Waals surface area contributed by atoms with E-state index in [9.17, 15) is 0 Å². The molecule has 0 aliphatic carbocycles. The molecule has 0 spiro atoms. The van der Waals surface area contributed by atoms with E-state index < -0.39 is 0 Å². The average Bonchev–Trinajstić information content (AvgIpc) is 2.98. The normalized spacial score (nSPS) is 11.0. The van der Waals surface area contributed by atoms with Crippen LogP contribution in [0.1, 0.15) is 17.6 Å². The number of halogens is 1. The van der Waals surface area contributed by atoms with Gasteiger partial charge in [-0.25, -0.2) is 9.97 Å².